The molecule has 0 radical (unpaired) electrons. The summed E-state index contributed by atoms with van der Waals surface area (Å²) >= 11 is 3.44. The first-order valence-corrected chi connectivity index (χ1v) is 6.75. The fourth-order valence-corrected chi connectivity index (χ4v) is 2.24. The Hall–Kier alpha value is -1.92. The number of hydrazine groups is 1. The Morgan fingerprint density at radius 1 is 1.40 bits per heavy atom. The van der Waals surface area contributed by atoms with Gasteiger partial charge in [0.1, 0.15) is 18.1 Å². The van der Waals surface area contributed by atoms with Crippen LogP contribution in [0.4, 0.5) is 0 Å². The van der Waals surface area contributed by atoms with E-state index in [0.29, 0.717) is 5.69 Å². The van der Waals surface area contributed by atoms with Crippen molar-refractivity contribution in [2.45, 2.75) is 13.5 Å². The molecule has 2 rings (SSSR count). The number of amides is 1. The number of nitrogens with one attached hydrogen (secondary N) is 1. The minimum absolute atomic E-state index is 0.261. The van der Waals surface area contributed by atoms with Gasteiger partial charge in [-0.2, -0.15) is 0 Å². The van der Waals surface area contributed by atoms with Crippen molar-refractivity contribution in [3.05, 3.63) is 57.8 Å². The number of benzene rings is 1. The fraction of sp³-hybridized carbons (Fsp3) is 0.143. The number of carbonyl (C=O) groups excluding carboxylic acids is 1. The summed E-state index contributed by atoms with van der Waals surface area (Å²) in [5, 5.41) is 0. The lowest BCUT2D eigenvalue weighted by Gasteiger charge is -2.09. The van der Waals surface area contributed by atoms with Gasteiger partial charge in [-0.05, 0) is 52.7 Å². The summed E-state index contributed by atoms with van der Waals surface area (Å²) in [6.07, 6.45) is 0. The van der Waals surface area contributed by atoms with Gasteiger partial charge in [0, 0.05) is 0 Å². The van der Waals surface area contributed by atoms with Gasteiger partial charge in [0.05, 0.1) is 10.2 Å². The molecule has 20 heavy (non-hydrogen) atoms. The van der Waals surface area contributed by atoms with Gasteiger partial charge in [-0.3, -0.25) is 10.2 Å². The molecule has 0 bridgehead atoms. The molecule has 5 nitrogen and oxygen atoms in total. The highest BCUT2D eigenvalue weighted by molar-refractivity contribution is 9.10. The summed E-state index contributed by atoms with van der Waals surface area (Å²) in [6.45, 7) is 2.28. The zero-order valence-electron chi connectivity index (χ0n) is 10.9. The Balaban J connectivity index is 2.09. The molecule has 3 N–H and O–H groups in total. The molecule has 0 aliphatic rings. The highest BCUT2D eigenvalue weighted by Gasteiger charge is 2.07. The predicted octanol–water partition coefficient (Wildman–Crippen LogP) is 2.34. The molecular weight excluding hydrogens is 322 g/mol. The fourth-order valence-electron chi connectivity index (χ4n) is 1.63. The van der Waals surface area contributed by atoms with Crippen LogP contribution in [0.25, 0.3) is 0 Å². The smallest absolute Gasteiger partial charge is 0.283 e. The molecular formula is C14H14BrN3O2. The average Bonchev–Trinajstić information content (AvgIpc) is 2.46. The number of halogens is 1. The summed E-state index contributed by atoms with van der Waals surface area (Å²) in [4.78, 5) is 15.6. The van der Waals surface area contributed by atoms with E-state index in [0.717, 1.165) is 15.8 Å². The molecule has 1 aromatic heterocycles. The molecule has 0 fully saturated rings. The molecule has 1 amide bonds. The van der Waals surface area contributed by atoms with E-state index in [2.05, 4.69) is 20.9 Å². The van der Waals surface area contributed by atoms with Crippen LogP contribution in [0.2, 0.25) is 0 Å². The van der Waals surface area contributed by atoms with Crippen LogP contribution in [0.1, 0.15) is 21.7 Å². The van der Waals surface area contributed by atoms with Crippen molar-refractivity contribution in [2.24, 2.45) is 5.84 Å². The molecule has 0 saturated carbocycles. The number of nitrogens with zero attached hydrogens (tertiary/aromatic N) is 1. The minimum atomic E-state index is -0.427. The van der Waals surface area contributed by atoms with E-state index in [-0.39, 0.29) is 12.3 Å². The van der Waals surface area contributed by atoms with Crippen molar-refractivity contribution < 1.29 is 9.53 Å². The SMILES string of the molecule is Cc1ccc(OCc2cccc(C(=O)NN)n2)c(Br)c1. The maximum Gasteiger partial charge on any atom is 0.283 e. The third-order valence-corrected chi connectivity index (χ3v) is 3.25. The number of aromatic nitrogens is 1. The van der Waals surface area contributed by atoms with Gasteiger partial charge in [0.15, 0.2) is 0 Å². The molecule has 2 aromatic rings. The summed E-state index contributed by atoms with van der Waals surface area (Å²) in [6, 6.07) is 10.9. The lowest BCUT2D eigenvalue weighted by Crippen LogP contribution is -2.30. The zero-order chi connectivity index (χ0) is 14.5. The molecule has 0 atom stereocenters. The Bertz CT molecular complexity index is 632. The number of rotatable bonds is 4. The molecule has 0 spiro atoms. The number of hydrogen-bond donors (Lipinski definition) is 2. The maximum atomic E-state index is 11.4. The highest BCUT2D eigenvalue weighted by Crippen LogP contribution is 2.26. The van der Waals surface area contributed by atoms with Crippen molar-refractivity contribution in [1.82, 2.24) is 10.4 Å². The number of carbonyl (C=O) groups is 1. The zero-order valence-corrected chi connectivity index (χ0v) is 12.5. The van der Waals surface area contributed by atoms with Crippen molar-refractivity contribution in [1.29, 1.82) is 0 Å². The second-order valence-corrected chi connectivity index (χ2v) is 5.06. The summed E-state index contributed by atoms with van der Waals surface area (Å²) < 4.78 is 6.56. The Morgan fingerprint density at radius 2 is 2.20 bits per heavy atom. The first-order valence-electron chi connectivity index (χ1n) is 5.96. The van der Waals surface area contributed by atoms with Crippen LogP contribution in [-0.4, -0.2) is 10.9 Å². The van der Waals surface area contributed by atoms with E-state index in [1.54, 1.807) is 18.2 Å². The minimum Gasteiger partial charge on any atom is -0.486 e. The first kappa shape index (κ1) is 14.5. The quantitative estimate of drug-likeness (QED) is 0.510. The van der Waals surface area contributed by atoms with Crippen LogP contribution >= 0.6 is 15.9 Å². The number of ether oxygens (including phenoxy) is 1. The number of pyridine rings is 1. The van der Waals surface area contributed by atoms with Crippen LogP contribution in [0.5, 0.6) is 5.75 Å². The number of nitrogen functional groups attached to an aromatic ring is 1. The monoisotopic (exact) mass is 335 g/mol. The molecule has 104 valence electrons. The highest BCUT2D eigenvalue weighted by atomic mass is 79.9. The Morgan fingerprint density at radius 3 is 2.90 bits per heavy atom. The lowest BCUT2D eigenvalue weighted by atomic mass is 10.2. The van der Waals surface area contributed by atoms with Gasteiger partial charge >= 0.3 is 0 Å². The second-order valence-electron chi connectivity index (χ2n) is 4.21. The Labute approximate surface area is 125 Å². The van der Waals surface area contributed by atoms with Gasteiger partial charge in [0.2, 0.25) is 0 Å². The van der Waals surface area contributed by atoms with Crippen LogP contribution < -0.4 is 16.0 Å². The van der Waals surface area contributed by atoms with Gasteiger partial charge in [-0.15, -0.1) is 0 Å². The van der Waals surface area contributed by atoms with Crippen LogP contribution in [0.15, 0.2) is 40.9 Å². The molecule has 1 aromatic carbocycles. The van der Waals surface area contributed by atoms with Crippen molar-refractivity contribution >= 4 is 21.8 Å². The average molecular weight is 336 g/mol. The van der Waals surface area contributed by atoms with E-state index in [9.17, 15) is 4.79 Å². The van der Waals surface area contributed by atoms with E-state index >= 15 is 0 Å². The first-order chi connectivity index (χ1) is 9.60. The molecule has 0 aliphatic heterocycles. The van der Waals surface area contributed by atoms with Crippen LogP contribution in [0.3, 0.4) is 0 Å². The van der Waals surface area contributed by atoms with E-state index in [1.807, 2.05) is 30.5 Å². The number of nitrogens with two attached hydrogens (primary N) is 1. The molecule has 0 aliphatic carbocycles. The van der Waals surface area contributed by atoms with Crippen LogP contribution in [0, 0.1) is 6.92 Å². The van der Waals surface area contributed by atoms with Gasteiger partial charge in [0.25, 0.3) is 5.91 Å². The third-order valence-electron chi connectivity index (χ3n) is 2.63. The largest absolute Gasteiger partial charge is 0.486 e. The van der Waals surface area contributed by atoms with Crippen LogP contribution in [-0.2, 0) is 6.61 Å². The van der Waals surface area contributed by atoms with Crippen molar-refractivity contribution in [3.63, 3.8) is 0 Å². The molecule has 6 heteroatoms. The second kappa shape index (κ2) is 6.49. The number of aryl methyl sites for hydroxylation is 1. The van der Waals surface area contributed by atoms with Crippen molar-refractivity contribution in [3.8, 4) is 5.75 Å². The summed E-state index contributed by atoms with van der Waals surface area (Å²) in [5.41, 5.74) is 4.10. The van der Waals surface area contributed by atoms with E-state index < -0.39 is 5.91 Å². The van der Waals surface area contributed by atoms with Gasteiger partial charge < -0.3 is 4.74 Å². The third kappa shape index (κ3) is 3.55. The van der Waals surface area contributed by atoms with Gasteiger partial charge in [-0.1, -0.05) is 12.1 Å². The van der Waals surface area contributed by atoms with Gasteiger partial charge in [-0.25, -0.2) is 10.8 Å². The molecule has 0 saturated heterocycles. The molecule has 0 unspecified atom stereocenters. The van der Waals surface area contributed by atoms with E-state index in [1.165, 1.54) is 0 Å². The number of hydrogen-bond acceptors (Lipinski definition) is 4. The van der Waals surface area contributed by atoms with E-state index in [4.69, 9.17) is 10.6 Å². The summed E-state index contributed by atoms with van der Waals surface area (Å²) in [5.74, 6) is 5.38. The molecule has 1 heterocycles. The summed E-state index contributed by atoms with van der Waals surface area (Å²) in [7, 11) is 0. The predicted molar refractivity (Wildman–Crippen MR) is 79.1 cm³/mol. The lowest BCUT2D eigenvalue weighted by molar-refractivity contribution is 0.0948. The normalized spacial score (nSPS) is 10.2. The maximum absolute atomic E-state index is 11.4. The standard InChI is InChI=1S/C14H14BrN3O2/c1-9-5-6-13(11(15)7-9)20-8-10-3-2-4-12(17-10)14(19)18-16/h2-7H,8,16H2,1H3,(H,18,19). The topological polar surface area (TPSA) is 77.2 Å². The van der Waals surface area contributed by atoms with Crippen molar-refractivity contribution in [2.75, 3.05) is 0 Å². The Kier molecular flexibility index (Phi) is 4.70.